The molecule has 1 amide bonds. The third kappa shape index (κ3) is 3.34. The standard InChI is InChI=1S/C11H15NO3S/c1-3-6-11(13)12-9-7-4-5-8-10(9)16(2,14)15/h4-5,7-8H,3,6H2,1-2H3,(H,12,13). The van der Waals surface area contributed by atoms with Crippen LogP contribution in [-0.2, 0) is 14.6 Å². The first kappa shape index (κ1) is 12.7. The second-order valence-electron chi connectivity index (χ2n) is 3.57. The number of nitrogens with one attached hydrogen (secondary N) is 1. The van der Waals surface area contributed by atoms with Gasteiger partial charge in [0, 0.05) is 12.7 Å². The molecule has 0 unspecified atom stereocenters. The van der Waals surface area contributed by atoms with Crippen LogP contribution >= 0.6 is 0 Å². The minimum absolute atomic E-state index is 0.152. The molecule has 0 saturated heterocycles. The minimum Gasteiger partial charge on any atom is -0.325 e. The maximum atomic E-state index is 11.4. The Labute approximate surface area is 95.6 Å². The predicted molar refractivity (Wildman–Crippen MR) is 63.1 cm³/mol. The lowest BCUT2D eigenvalue weighted by Crippen LogP contribution is -2.13. The van der Waals surface area contributed by atoms with E-state index in [2.05, 4.69) is 5.32 Å². The Morgan fingerprint density at radius 3 is 2.50 bits per heavy atom. The van der Waals surface area contributed by atoms with Crippen molar-refractivity contribution in [2.24, 2.45) is 0 Å². The number of sulfone groups is 1. The van der Waals surface area contributed by atoms with Crippen molar-refractivity contribution < 1.29 is 13.2 Å². The molecule has 1 N–H and O–H groups in total. The molecule has 0 bridgehead atoms. The molecule has 88 valence electrons. The Hall–Kier alpha value is -1.36. The first-order valence-corrected chi connectivity index (χ1v) is 6.93. The highest BCUT2D eigenvalue weighted by Crippen LogP contribution is 2.20. The molecule has 0 aliphatic carbocycles. The molecule has 4 nitrogen and oxygen atoms in total. The van der Waals surface area contributed by atoms with Crippen LogP contribution in [0, 0.1) is 0 Å². The van der Waals surface area contributed by atoms with Crippen LogP contribution in [0.5, 0.6) is 0 Å². The third-order valence-electron chi connectivity index (χ3n) is 2.04. The molecule has 1 aromatic rings. The van der Waals surface area contributed by atoms with Gasteiger partial charge in [-0.3, -0.25) is 4.79 Å². The Balaban J connectivity index is 3.01. The molecule has 0 radical (unpaired) electrons. The average molecular weight is 241 g/mol. The maximum Gasteiger partial charge on any atom is 0.224 e. The lowest BCUT2D eigenvalue weighted by Gasteiger charge is -2.08. The Kier molecular flexibility index (Phi) is 4.06. The highest BCUT2D eigenvalue weighted by molar-refractivity contribution is 7.90. The molecule has 0 heterocycles. The van der Waals surface area contributed by atoms with E-state index in [-0.39, 0.29) is 10.8 Å². The van der Waals surface area contributed by atoms with Gasteiger partial charge in [0.15, 0.2) is 9.84 Å². The zero-order valence-corrected chi connectivity index (χ0v) is 10.2. The fraction of sp³-hybridized carbons (Fsp3) is 0.364. The van der Waals surface area contributed by atoms with Crippen LogP contribution in [0.1, 0.15) is 19.8 Å². The van der Waals surface area contributed by atoms with Gasteiger partial charge in [0.25, 0.3) is 0 Å². The number of rotatable bonds is 4. The van der Waals surface area contributed by atoms with Gasteiger partial charge >= 0.3 is 0 Å². The van der Waals surface area contributed by atoms with Crippen molar-refractivity contribution in [3.63, 3.8) is 0 Å². The van der Waals surface area contributed by atoms with Gasteiger partial charge in [0.1, 0.15) is 0 Å². The first-order valence-electron chi connectivity index (χ1n) is 5.04. The SMILES string of the molecule is CCCC(=O)Nc1ccccc1S(C)(=O)=O. The number of carbonyl (C=O) groups is 1. The molecule has 0 atom stereocenters. The van der Waals surface area contributed by atoms with E-state index < -0.39 is 9.84 Å². The zero-order valence-electron chi connectivity index (χ0n) is 9.36. The lowest BCUT2D eigenvalue weighted by molar-refractivity contribution is -0.116. The number of hydrogen-bond donors (Lipinski definition) is 1. The number of para-hydroxylation sites is 1. The summed E-state index contributed by atoms with van der Waals surface area (Å²) >= 11 is 0. The van der Waals surface area contributed by atoms with Crippen LogP contribution in [0.25, 0.3) is 0 Å². The summed E-state index contributed by atoms with van der Waals surface area (Å²) in [6.07, 6.45) is 2.24. The highest BCUT2D eigenvalue weighted by Gasteiger charge is 2.13. The fourth-order valence-corrected chi connectivity index (χ4v) is 2.18. The summed E-state index contributed by atoms with van der Waals surface area (Å²) < 4.78 is 22.9. The largest absolute Gasteiger partial charge is 0.325 e. The number of carbonyl (C=O) groups excluding carboxylic acids is 1. The molecule has 0 aliphatic heterocycles. The molecule has 5 heteroatoms. The second kappa shape index (κ2) is 5.12. The summed E-state index contributed by atoms with van der Waals surface area (Å²) in [6, 6.07) is 6.39. The van der Waals surface area contributed by atoms with Gasteiger partial charge in [-0.25, -0.2) is 8.42 Å². The number of hydrogen-bond acceptors (Lipinski definition) is 3. The van der Waals surface area contributed by atoms with Crippen molar-refractivity contribution >= 4 is 21.4 Å². The van der Waals surface area contributed by atoms with E-state index >= 15 is 0 Å². The summed E-state index contributed by atoms with van der Waals surface area (Å²) in [5, 5.41) is 2.60. The van der Waals surface area contributed by atoms with Gasteiger partial charge < -0.3 is 5.32 Å². The second-order valence-corrected chi connectivity index (χ2v) is 5.55. The monoisotopic (exact) mass is 241 g/mol. The fourth-order valence-electron chi connectivity index (χ4n) is 1.33. The van der Waals surface area contributed by atoms with Crippen LogP contribution in [0.4, 0.5) is 5.69 Å². The quantitative estimate of drug-likeness (QED) is 0.874. The van der Waals surface area contributed by atoms with Crippen LogP contribution in [0.3, 0.4) is 0 Å². The highest BCUT2D eigenvalue weighted by atomic mass is 32.2. The van der Waals surface area contributed by atoms with Gasteiger partial charge in [-0.2, -0.15) is 0 Å². The van der Waals surface area contributed by atoms with Crippen molar-refractivity contribution in [1.29, 1.82) is 0 Å². The molecular weight excluding hydrogens is 226 g/mol. The van der Waals surface area contributed by atoms with Crippen LogP contribution in [0.15, 0.2) is 29.2 Å². The molecule has 1 rings (SSSR count). The van der Waals surface area contributed by atoms with E-state index in [0.717, 1.165) is 12.7 Å². The molecule has 0 spiro atoms. The molecule has 1 aromatic carbocycles. The minimum atomic E-state index is -3.31. The Morgan fingerprint density at radius 2 is 1.94 bits per heavy atom. The third-order valence-corrected chi connectivity index (χ3v) is 3.19. The summed E-state index contributed by atoms with van der Waals surface area (Å²) in [6.45, 7) is 1.89. The molecular formula is C11H15NO3S. The molecule has 16 heavy (non-hydrogen) atoms. The van der Waals surface area contributed by atoms with Crippen molar-refractivity contribution in [3.05, 3.63) is 24.3 Å². The first-order chi connectivity index (χ1) is 7.45. The summed E-state index contributed by atoms with van der Waals surface area (Å²) in [7, 11) is -3.31. The van der Waals surface area contributed by atoms with Crippen LogP contribution < -0.4 is 5.32 Å². The smallest absolute Gasteiger partial charge is 0.224 e. The Morgan fingerprint density at radius 1 is 1.31 bits per heavy atom. The topological polar surface area (TPSA) is 63.2 Å². The summed E-state index contributed by atoms with van der Waals surface area (Å²) in [5.41, 5.74) is 0.350. The number of anilines is 1. The molecule has 0 aromatic heterocycles. The van der Waals surface area contributed by atoms with Gasteiger partial charge in [-0.1, -0.05) is 19.1 Å². The van der Waals surface area contributed by atoms with Crippen LogP contribution in [-0.4, -0.2) is 20.6 Å². The average Bonchev–Trinajstić information content (AvgIpc) is 2.17. The van der Waals surface area contributed by atoms with Crippen molar-refractivity contribution in [1.82, 2.24) is 0 Å². The maximum absolute atomic E-state index is 11.4. The van der Waals surface area contributed by atoms with E-state index in [1.54, 1.807) is 18.2 Å². The normalized spacial score (nSPS) is 11.1. The molecule has 0 fully saturated rings. The number of benzene rings is 1. The van der Waals surface area contributed by atoms with Gasteiger partial charge in [0.05, 0.1) is 10.6 Å². The van der Waals surface area contributed by atoms with E-state index in [4.69, 9.17) is 0 Å². The lowest BCUT2D eigenvalue weighted by atomic mass is 10.3. The van der Waals surface area contributed by atoms with Crippen LogP contribution in [0.2, 0.25) is 0 Å². The summed E-state index contributed by atoms with van der Waals surface area (Å²) in [4.78, 5) is 11.5. The summed E-state index contributed by atoms with van der Waals surface area (Å²) in [5.74, 6) is -0.168. The van der Waals surface area contributed by atoms with Crippen molar-refractivity contribution in [2.75, 3.05) is 11.6 Å². The van der Waals surface area contributed by atoms with E-state index in [1.807, 2.05) is 6.92 Å². The van der Waals surface area contributed by atoms with Crippen molar-refractivity contribution in [3.8, 4) is 0 Å². The van der Waals surface area contributed by atoms with Gasteiger partial charge in [-0.15, -0.1) is 0 Å². The predicted octanol–water partition coefficient (Wildman–Crippen LogP) is 1.83. The number of amides is 1. The zero-order chi connectivity index (χ0) is 12.2. The van der Waals surface area contributed by atoms with E-state index in [9.17, 15) is 13.2 Å². The van der Waals surface area contributed by atoms with Gasteiger partial charge in [0.2, 0.25) is 5.91 Å². The van der Waals surface area contributed by atoms with E-state index in [1.165, 1.54) is 6.07 Å². The van der Waals surface area contributed by atoms with Gasteiger partial charge in [-0.05, 0) is 18.6 Å². The molecule has 0 saturated carbocycles. The van der Waals surface area contributed by atoms with E-state index in [0.29, 0.717) is 12.1 Å². The van der Waals surface area contributed by atoms with Crippen molar-refractivity contribution in [2.45, 2.75) is 24.7 Å². The Bertz CT molecular complexity index is 480. The molecule has 0 aliphatic rings.